The molecular weight excluding hydrogens is 412 g/mol. The van der Waals surface area contributed by atoms with Gasteiger partial charge in [-0.25, -0.2) is 0 Å². The second-order valence-corrected chi connectivity index (χ2v) is 10.2. The number of methoxy groups -OCH3 is 2. The van der Waals surface area contributed by atoms with Gasteiger partial charge >= 0.3 is 0 Å². The lowest BCUT2D eigenvalue weighted by Crippen LogP contribution is -2.12. The smallest absolute Gasteiger partial charge is 0.292 e. The molecule has 180 valence electrons. The maximum absolute atomic E-state index is 11.6. The average Bonchev–Trinajstić information content (AvgIpc) is 2.76. The predicted molar refractivity (Wildman–Crippen MR) is 134 cm³/mol. The molecule has 0 amide bonds. The maximum Gasteiger partial charge on any atom is 0.292 e. The molecule has 0 spiro atoms. The van der Waals surface area contributed by atoms with Crippen molar-refractivity contribution in [3.05, 3.63) is 0 Å². The fourth-order valence-corrected chi connectivity index (χ4v) is 4.98. The second kappa shape index (κ2) is 25.2. The van der Waals surface area contributed by atoms with Crippen LogP contribution in [0.3, 0.4) is 0 Å². The van der Waals surface area contributed by atoms with E-state index in [1.807, 2.05) is 0 Å². The topological polar surface area (TPSA) is 44.8 Å². The van der Waals surface area contributed by atoms with Crippen LogP contribution in [0.5, 0.6) is 0 Å². The number of carbonyl (C=O) groups is 1. The fourth-order valence-electron chi connectivity index (χ4n) is 3.68. The van der Waals surface area contributed by atoms with Crippen molar-refractivity contribution in [3.63, 3.8) is 0 Å². The minimum Gasteiger partial charge on any atom is -0.525 e. The minimum atomic E-state index is -0.620. The van der Waals surface area contributed by atoms with Gasteiger partial charge in [-0.1, -0.05) is 83.5 Å². The Labute approximate surface area is 194 Å². The van der Waals surface area contributed by atoms with Gasteiger partial charge in [0.15, 0.2) is 6.29 Å². The van der Waals surface area contributed by atoms with E-state index in [0.717, 1.165) is 37.5 Å². The lowest BCUT2D eigenvalue weighted by atomic mass is 10.0. The monoisotopic (exact) mass is 462 g/mol. The van der Waals surface area contributed by atoms with E-state index in [9.17, 15) is 4.79 Å². The van der Waals surface area contributed by atoms with Gasteiger partial charge in [-0.05, 0) is 37.5 Å². The molecule has 0 N–H and O–H groups in total. The second-order valence-electron chi connectivity index (χ2n) is 8.39. The van der Waals surface area contributed by atoms with Crippen molar-refractivity contribution in [2.75, 3.05) is 20.0 Å². The summed E-state index contributed by atoms with van der Waals surface area (Å²) in [5.74, 6) is 0.982. The average molecular weight is 463 g/mol. The number of thiol groups is 1. The van der Waals surface area contributed by atoms with Crippen LogP contribution in [0.2, 0.25) is 6.04 Å². The highest BCUT2D eigenvalue weighted by molar-refractivity contribution is 7.80. The first-order chi connectivity index (χ1) is 14.7. The van der Waals surface area contributed by atoms with Crippen molar-refractivity contribution in [2.24, 2.45) is 0 Å². The van der Waals surface area contributed by atoms with Crippen molar-refractivity contribution in [1.82, 2.24) is 0 Å². The van der Waals surface area contributed by atoms with Gasteiger partial charge in [-0.2, -0.15) is 12.6 Å². The Morgan fingerprint density at radius 3 is 1.63 bits per heavy atom. The molecule has 0 aliphatic rings. The van der Waals surface area contributed by atoms with E-state index in [4.69, 9.17) is 13.9 Å². The third kappa shape index (κ3) is 22.6. The highest BCUT2D eigenvalue weighted by Crippen LogP contribution is 2.14. The summed E-state index contributed by atoms with van der Waals surface area (Å²) >= 11 is 4.19. The quantitative estimate of drug-likeness (QED) is 0.0759. The molecule has 30 heavy (non-hydrogen) atoms. The number of rotatable bonds is 24. The van der Waals surface area contributed by atoms with E-state index in [-0.39, 0.29) is 12.3 Å². The highest BCUT2D eigenvalue weighted by Gasteiger charge is 2.04. The molecule has 6 heteroatoms. The van der Waals surface area contributed by atoms with Gasteiger partial charge in [0.05, 0.1) is 0 Å². The van der Waals surface area contributed by atoms with Gasteiger partial charge < -0.3 is 13.9 Å². The standard InChI is InChI=1S/C24H50O4SSi/c1-26-24(27-2)20-16-14-12-10-8-6-4-3-5-7-9-11-13-15-19-23(25)28-30-22-18-17-21-29/h24,29H,3-22,30H2,1-2H3. The molecular formula is C24H50O4SSi. The molecule has 0 aromatic heterocycles. The number of hydrogen-bond donors (Lipinski definition) is 1. The summed E-state index contributed by atoms with van der Waals surface area (Å²) < 4.78 is 15.8. The Hall–Kier alpha value is -0.0431. The largest absolute Gasteiger partial charge is 0.525 e. The van der Waals surface area contributed by atoms with Gasteiger partial charge in [-0.15, -0.1) is 0 Å². The predicted octanol–water partition coefficient (Wildman–Crippen LogP) is 6.60. The SMILES string of the molecule is COC(CCCCCCCCCCCCCCCCC(=O)O[SiH2]CCCCS)OC. The zero-order valence-corrected chi connectivity index (χ0v) is 22.3. The summed E-state index contributed by atoms with van der Waals surface area (Å²) in [6.07, 6.45) is 22.1. The first-order valence-electron chi connectivity index (χ1n) is 12.6. The van der Waals surface area contributed by atoms with Crippen LogP contribution in [0.25, 0.3) is 0 Å². The van der Waals surface area contributed by atoms with Crippen LogP contribution in [0.1, 0.15) is 116 Å². The summed E-state index contributed by atoms with van der Waals surface area (Å²) in [6.45, 7) is 0. The van der Waals surface area contributed by atoms with Crippen molar-refractivity contribution in [3.8, 4) is 0 Å². The van der Waals surface area contributed by atoms with E-state index in [2.05, 4.69) is 12.6 Å². The molecule has 0 rings (SSSR count). The Morgan fingerprint density at radius 1 is 0.700 bits per heavy atom. The summed E-state index contributed by atoms with van der Waals surface area (Å²) in [6, 6.07) is 1.11. The van der Waals surface area contributed by atoms with Crippen LogP contribution >= 0.6 is 12.6 Å². The number of hydrogen-bond acceptors (Lipinski definition) is 5. The zero-order valence-electron chi connectivity index (χ0n) is 20.0. The van der Waals surface area contributed by atoms with Gasteiger partial charge in [0.2, 0.25) is 9.76 Å². The molecule has 0 aromatic rings. The van der Waals surface area contributed by atoms with Crippen LogP contribution in [0, 0.1) is 0 Å². The summed E-state index contributed by atoms with van der Waals surface area (Å²) in [7, 11) is 2.80. The van der Waals surface area contributed by atoms with Gasteiger partial charge in [0.1, 0.15) is 0 Å². The first-order valence-corrected chi connectivity index (χ1v) is 14.8. The lowest BCUT2D eigenvalue weighted by Gasteiger charge is -2.12. The molecule has 4 nitrogen and oxygen atoms in total. The van der Waals surface area contributed by atoms with E-state index < -0.39 is 9.76 Å². The Bertz CT molecular complexity index is 354. The zero-order chi connectivity index (χ0) is 22.1. The molecule has 0 unspecified atom stereocenters. The van der Waals surface area contributed by atoms with Crippen LogP contribution in [0.4, 0.5) is 0 Å². The number of unbranched alkanes of at least 4 members (excludes halogenated alkanes) is 14. The number of ether oxygens (including phenoxy) is 2. The number of carbonyl (C=O) groups excluding carboxylic acids is 1. The Morgan fingerprint density at radius 2 is 1.17 bits per heavy atom. The summed E-state index contributed by atoms with van der Waals surface area (Å²) in [5, 5.41) is 0. The normalized spacial score (nSPS) is 11.7. The minimum absolute atomic E-state index is 0.0222. The summed E-state index contributed by atoms with van der Waals surface area (Å²) in [4.78, 5) is 11.6. The first kappa shape index (κ1) is 30.0. The van der Waals surface area contributed by atoms with Crippen molar-refractivity contribution < 1.29 is 18.7 Å². The van der Waals surface area contributed by atoms with Gasteiger partial charge in [0, 0.05) is 20.6 Å². The molecule has 0 bridgehead atoms. The van der Waals surface area contributed by atoms with Crippen LogP contribution < -0.4 is 0 Å². The molecule has 0 aromatic carbocycles. The van der Waals surface area contributed by atoms with Crippen molar-refractivity contribution >= 4 is 28.4 Å². The molecule has 0 aliphatic heterocycles. The molecule has 0 heterocycles. The van der Waals surface area contributed by atoms with Crippen molar-refractivity contribution in [1.29, 1.82) is 0 Å². The van der Waals surface area contributed by atoms with E-state index in [1.54, 1.807) is 14.2 Å². The molecule has 0 saturated carbocycles. The van der Waals surface area contributed by atoms with Crippen LogP contribution in [0.15, 0.2) is 0 Å². The Kier molecular flexibility index (Phi) is 25.2. The van der Waals surface area contributed by atoms with E-state index in [0.29, 0.717) is 6.42 Å². The molecule has 0 aliphatic carbocycles. The molecule has 0 atom stereocenters. The van der Waals surface area contributed by atoms with Crippen LogP contribution in [-0.4, -0.2) is 42.0 Å². The molecule has 0 fully saturated rings. The third-order valence-corrected chi connectivity index (χ3v) is 7.29. The maximum atomic E-state index is 11.6. The van der Waals surface area contributed by atoms with Crippen molar-refractivity contribution in [2.45, 2.75) is 128 Å². The van der Waals surface area contributed by atoms with E-state index in [1.165, 1.54) is 83.5 Å². The lowest BCUT2D eigenvalue weighted by molar-refractivity contribution is -0.134. The highest BCUT2D eigenvalue weighted by atomic mass is 32.1. The summed E-state index contributed by atoms with van der Waals surface area (Å²) in [5.41, 5.74) is 0. The fraction of sp³-hybridized carbons (Fsp3) is 0.958. The Balaban J connectivity index is 3.15. The molecule has 0 saturated heterocycles. The molecule has 0 radical (unpaired) electrons. The van der Waals surface area contributed by atoms with E-state index >= 15 is 0 Å². The third-order valence-electron chi connectivity index (χ3n) is 5.66. The van der Waals surface area contributed by atoms with Gasteiger partial charge in [0.25, 0.3) is 5.97 Å². The van der Waals surface area contributed by atoms with Gasteiger partial charge in [-0.3, -0.25) is 4.79 Å². The van der Waals surface area contributed by atoms with Crippen LogP contribution in [-0.2, 0) is 18.7 Å².